The standard InChI is InChI=1S/C34H44FN7O3/c1-21-15-25-23(17-37-42(25)26-9-6-7-14-44-26)27(22(21)2)30-28(35)29-24(16-36-30)31(41-13-8-10-33(3,43)18-41)39-32(38-29)45-20-34(11-12-34)19-40(4)5/h15-17,26,43H,6-14,18-20H2,1-5H3/t26?,33-/m1/s1. The zero-order valence-corrected chi connectivity index (χ0v) is 27.1. The zero-order valence-electron chi connectivity index (χ0n) is 27.1. The first-order chi connectivity index (χ1) is 21.5. The molecule has 45 heavy (non-hydrogen) atoms. The number of benzene rings is 1. The van der Waals surface area contributed by atoms with E-state index in [0.717, 1.165) is 67.1 Å². The lowest BCUT2D eigenvalue weighted by atomic mass is 9.94. The number of aromatic nitrogens is 5. The Morgan fingerprint density at radius 2 is 1.93 bits per heavy atom. The number of aliphatic hydroxyl groups is 1. The largest absolute Gasteiger partial charge is 0.463 e. The molecule has 1 aromatic carbocycles. The fourth-order valence-electron chi connectivity index (χ4n) is 7.19. The molecule has 3 aliphatic rings. The van der Waals surface area contributed by atoms with Gasteiger partial charge in [-0.15, -0.1) is 0 Å². The lowest BCUT2D eigenvalue weighted by molar-refractivity contribution is -0.0366. The van der Waals surface area contributed by atoms with Gasteiger partial charge in [0.05, 0.1) is 29.3 Å². The molecule has 7 rings (SSSR count). The van der Waals surface area contributed by atoms with E-state index in [4.69, 9.17) is 24.5 Å². The molecule has 0 radical (unpaired) electrons. The first-order valence-corrected chi connectivity index (χ1v) is 16.2. The number of anilines is 1. The van der Waals surface area contributed by atoms with Crippen LogP contribution < -0.4 is 9.64 Å². The third-order valence-electron chi connectivity index (χ3n) is 9.82. The van der Waals surface area contributed by atoms with Crippen LogP contribution >= 0.6 is 0 Å². The summed E-state index contributed by atoms with van der Waals surface area (Å²) in [7, 11) is 4.13. The molecule has 2 atom stereocenters. The van der Waals surface area contributed by atoms with Gasteiger partial charge in [-0.1, -0.05) is 0 Å². The van der Waals surface area contributed by atoms with E-state index in [0.29, 0.717) is 49.5 Å². The van der Waals surface area contributed by atoms with E-state index in [9.17, 15) is 5.11 Å². The van der Waals surface area contributed by atoms with Crippen LogP contribution in [0.3, 0.4) is 0 Å². The highest BCUT2D eigenvalue weighted by Crippen LogP contribution is 2.46. The normalized spacial score (nSPS) is 23.3. The lowest BCUT2D eigenvalue weighted by Gasteiger charge is -2.37. The number of β-amino-alcohol motifs (C(OH)–C–C–N with tert-alkyl or cyclic N) is 1. The predicted molar refractivity (Wildman–Crippen MR) is 172 cm³/mol. The molecule has 0 spiro atoms. The highest BCUT2D eigenvalue weighted by Gasteiger charge is 2.44. The second-order valence-electron chi connectivity index (χ2n) is 14.1. The van der Waals surface area contributed by atoms with Gasteiger partial charge in [0, 0.05) is 48.8 Å². The Balaban J connectivity index is 1.35. The SMILES string of the molecule is Cc1cc2c(cnn2C2CCCCO2)c(-c2ncc3c(N4CCC[C@@](C)(O)C4)nc(OCC4(CN(C)C)CC4)nc3c2F)c1C. The van der Waals surface area contributed by atoms with Crippen molar-refractivity contribution in [2.45, 2.75) is 77.5 Å². The Morgan fingerprint density at radius 3 is 2.64 bits per heavy atom. The summed E-state index contributed by atoms with van der Waals surface area (Å²) >= 11 is 0. The van der Waals surface area contributed by atoms with E-state index in [1.807, 2.05) is 30.4 Å². The van der Waals surface area contributed by atoms with Crippen molar-refractivity contribution in [2.75, 3.05) is 51.8 Å². The van der Waals surface area contributed by atoms with Crippen LogP contribution in [-0.4, -0.2) is 87.3 Å². The summed E-state index contributed by atoms with van der Waals surface area (Å²) in [6.45, 7) is 9.02. The summed E-state index contributed by atoms with van der Waals surface area (Å²) in [4.78, 5) is 18.4. The molecule has 2 aliphatic heterocycles. The number of pyridine rings is 1. The van der Waals surface area contributed by atoms with Gasteiger partial charge in [-0.05, 0) is 97.0 Å². The minimum absolute atomic E-state index is 0.0607. The topological polar surface area (TPSA) is 102 Å². The highest BCUT2D eigenvalue weighted by molar-refractivity contribution is 5.99. The van der Waals surface area contributed by atoms with Gasteiger partial charge in [-0.25, -0.2) is 9.07 Å². The van der Waals surface area contributed by atoms with Crippen molar-refractivity contribution in [3.63, 3.8) is 0 Å². The minimum Gasteiger partial charge on any atom is -0.463 e. The van der Waals surface area contributed by atoms with Gasteiger partial charge in [0.1, 0.15) is 17.0 Å². The molecule has 1 saturated carbocycles. The Bertz CT molecular complexity index is 1740. The number of hydrogen-bond donors (Lipinski definition) is 1. The van der Waals surface area contributed by atoms with E-state index in [1.54, 1.807) is 12.4 Å². The first kappa shape index (κ1) is 30.3. The number of rotatable bonds is 8. The molecule has 2 saturated heterocycles. The molecule has 1 aliphatic carbocycles. The van der Waals surface area contributed by atoms with Crippen molar-refractivity contribution in [3.8, 4) is 17.3 Å². The number of aryl methyl sites for hydroxylation is 1. The molecule has 0 bridgehead atoms. The van der Waals surface area contributed by atoms with Crippen LogP contribution in [0, 0.1) is 25.1 Å². The quantitative estimate of drug-likeness (QED) is 0.272. The lowest BCUT2D eigenvalue weighted by Crippen LogP contribution is -2.46. The van der Waals surface area contributed by atoms with Gasteiger partial charge < -0.3 is 24.4 Å². The van der Waals surface area contributed by atoms with Crippen LogP contribution in [0.2, 0.25) is 0 Å². The Hall–Kier alpha value is -3.41. The van der Waals surface area contributed by atoms with Gasteiger partial charge in [0.15, 0.2) is 12.0 Å². The summed E-state index contributed by atoms with van der Waals surface area (Å²) in [5, 5.41) is 17.0. The molecule has 10 nitrogen and oxygen atoms in total. The molecule has 11 heteroatoms. The highest BCUT2D eigenvalue weighted by atomic mass is 19.1. The fourth-order valence-corrected chi connectivity index (χ4v) is 7.19. The first-order valence-electron chi connectivity index (χ1n) is 16.2. The summed E-state index contributed by atoms with van der Waals surface area (Å²) in [5.41, 5.74) is 3.15. The Kier molecular flexibility index (Phi) is 7.69. The maximum Gasteiger partial charge on any atom is 0.319 e. The molecular formula is C34H44FN7O3. The van der Waals surface area contributed by atoms with Gasteiger partial charge in [0.25, 0.3) is 0 Å². The molecule has 4 aromatic rings. The number of halogens is 1. The third kappa shape index (κ3) is 5.74. The molecular weight excluding hydrogens is 573 g/mol. The van der Waals surface area contributed by atoms with Crippen molar-refractivity contribution in [3.05, 3.63) is 35.4 Å². The number of ether oxygens (including phenoxy) is 2. The number of nitrogens with zero attached hydrogens (tertiary/aromatic N) is 7. The molecule has 5 heterocycles. The van der Waals surface area contributed by atoms with Crippen LogP contribution in [0.5, 0.6) is 6.01 Å². The van der Waals surface area contributed by atoms with Gasteiger partial charge in [-0.2, -0.15) is 15.1 Å². The van der Waals surface area contributed by atoms with Gasteiger partial charge >= 0.3 is 6.01 Å². The average Bonchev–Trinajstić information content (AvgIpc) is 3.64. The molecule has 1 N–H and O–H groups in total. The molecule has 240 valence electrons. The monoisotopic (exact) mass is 617 g/mol. The van der Waals surface area contributed by atoms with E-state index in [-0.39, 0.29) is 28.9 Å². The van der Waals surface area contributed by atoms with E-state index in [2.05, 4.69) is 30.0 Å². The molecule has 0 amide bonds. The van der Waals surface area contributed by atoms with Crippen LogP contribution in [0.25, 0.3) is 33.1 Å². The summed E-state index contributed by atoms with van der Waals surface area (Å²) < 4.78 is 31.2. The van der Waals surface area contributed by atoms with Crippen molar-refractivity contribution in [2.24, 2.45) is 5.41 Å². The minimum atomic E-state index is -0.876. The maximum atomic E-state index is 17.0. The fraction of sp³-hybridized carbons (Fsp3) is 0.588. The number of piperidine rings is 1. The van der Waals surface area contributed by atoms with E-state index < -0.39 is 11.4 Å². The number of hydrogen-bond acceptors (Lipinski definition) is 9. The second kappa shape index (κ2) is 11.4. The smallest absolute Gasteiger partial charge is 0.319 e. The summed E-state index contributed by atoms with van der Waals surface area (Å²) in [6, 6.07) is 2.26. The molecule has 3 aromatic heterocycles. The zero-order chi connectivity index (χ0) is 31.5. The predicted octanol–water partition coefficient (Wildman–Crippen LogP) is 5.57. The van der Waals surface area contributed by atoms with E-state index >= 15 is 4.39 Å². The van der Waals surface area contributed by atoms with Crippen LogP contribution in [-0.2, 0) is 4.74 Å². The Labute approximate surface area is 263 Å². The molecule has 3 fully saturated rings. The maximum absolute atomic E-state index is 17.0. The molecule has 1 unspecified atom stereocenters. The van der Waals surface area contributed by atoms with Crippen LogP contribution in [0.15, 0.2) is 18.5 Å². The number of fused-ring (bicyclic) bond motifs is 2. The average molecular weight is 618 g/mol. The van der Waals surface area contributed by atoms with Gasteiger partial charge in [0.2, 0.25) is 0 Å². The third-order valence-corrected chi connectivity index (χ3v) is 9.82. The van der Waals surface area contributed by atoms with Crippen molar-refractivity contribution in [1.29, 1.82) is 0 Å². The summed E-state index contributed by atoms with van der Waals surface area (Å²) in [6.07, 6.45) is 10.0. The second-order valence-corrected chi connectivity index (χ2v) is 14.1. The van der Waals surface area contributed by atoms with Crippen molar-refractivity contribution < 1.29 is 19.0 Å². The van der Waals surface area contributed by atoms with E-state index in [1.165, 1.54) is 0 Å². The van der Waals surface area contributed by atoms with Crippen molar-refractivity contribution >= 4 is 27.6 Å². The van der Waals surface area contributed by atoms with Crippen LogP contribution in [0.4, 0.5) is 10.2 Å². The Morgan fingerprint density at radius 1 is 1.11 bits per heavy atom. The van der Waals surface area contributed by atoms with Crippen LogP contribution in [0.1, 0.15) is 69.2 Å². The summed E-state index contributed by atoms with van der Waals surface area (Å²) in [5.74, 6) is 0.0228. The van der Waals surface area contributed by atoms with Gasteiger partial charge in [-0.3, -0.25) is 4.98 Å². The van der Waals surface area contributed by atoms with Crippen molar-refractivity contribution in [1.82, 2.24) is 29.6 Å².